The molecule has 2 unspecified atom stereocenters. The van der Waals surface area contributed by atoms with Crippen molar-refractivity contribution < 1.29 is 24.9 Å². The van der Waals surface area contributed by atoms with Gasteiger partial charge in [-0.3, -0.25) is 9.59 Å². The van der Waals surface area contributed by atoms with E-state index in [1.165, 1.54) is 12.1 Å². The van der Waals surface area contributed by atoms with Gasteiger partial charge in [0, 0.05) is 18.9 Å². The fourth-order valence-electron chi connectivity index (χ4n) is 2.70. The van der Waals surface area contributed by atoms with Crippen molar-refractivity contribution in [3.05, 3.63) is 23.8 Å². The monoisotopic (exact) mass is 322 g/mol. The van der Waals surface area contributed by atoms with Gasteiger partial charge in [-0.2, -0.15) is 0 Å². The number of rotatable bonds is 9. The standard InChI is InChI=1S/C18H26O5/c1-11(2)8-13(18(22)23)9-14(19)5-4-12(3)16-7-6-15(20)10-17(16)21/h6-7,10-13,20-21H,4-5,8-9H2,1-3H3,(H,22,23). The second-order valence-electron chi connectivity index (χ2n) is 6.59. The zero-order chi connectivity index (χ0) is 17.6. The zero-order valence-electron chi connectivity index (χ0n) is 14.0. The molecule has 0 fully saturated rings. The molecule has 1 aromatic rings. The number of carbonyl (C=O) groups excluding carboxylic acids is 1. The Labute approximate surface area is 137 Å². The van der Waals surface area contributed by atoms with Crippen LogP contribution in [-0.2, 0) is 9.59 Å². The number of ketones is 1. The normalized spacial score (nSPS) is 13.7. The quantitative estimate of drug-likeness (QED) is 0.644. The van der Waals surface area contributed by atoms with Gasteiger partial charge >= 0.3 is 5.97 Å². The molecule has 1 rings (SSSR count). The van der Waals surface area contributed by atoms with Crippen LogP contribution in [0, 0.1) is 11.8 Å². The molecule has 128 valence electrons. The smallest absolute Gasteiger partial charge is 0.306 e. The van der Waals surface area contributed by atoms with Crippen LogP contribution in [0.4, 0.5) is 0 Å². The number of carbonyl (C=O) groups is 2. The minimum absolute atomic E-state index is 0.00693. The van der Waals surface area contributed by atoms with E-state index in [-0.39, 0.29) is 42.0 Å². The van der Waals surface area contributed by atoms with Crippen LogP contribution in [0.3, 0.4) is 0 Å². The molecule has 0 aliphatic heterocycles. The molecule has 0 saturated carbocycles. The Hall–Kier alpha value is -2.04. The average Bonchev–Trinajstić information content (AvgIpc) is 2.43. The summed E-state index contributed by atoms with van der Waals surface area (Å²) < 4.78 is 0. The fourth-order valence-corrected chi connectivity index (χ4v) is 2.70. The van der Waals surface area contributed by atoms with Crippen LogP contribution in [0.25, 0.3) is 0 Å². The van der Waals surface area contributed by atoms with Crippen LogP contribution in [0.15, 0.2) is 18.2 Å². The number of benzene rings is 1. The van der Waals surface area contributed by atoms with Gasteiger partial charge in [0.25, 0.3) is 0 Å². The first kappa shape index (κ1) is 19.0. The minimum atomic E-state index is -0.920. The SMILES string of the molecule is CC(C)CC(CC(=O)CCC(C)c1ccc(O)cc1O)C(=O)O. The Morgan fingerprint density at radius 1 is 1.13 bits per heavy atom. The van der Waals surface area contributed by atoms with Gasteiger partial charge in [-0.05, 0) is 36.3 Å². The molecule has 2 atom stereocenters. The number of hydrogen-bond acceptors (Lipinski definition) is 4. The van der Waals surface area contributed by atoms with E-state index >= 15 is 0 Å². The number of phenols is 2. The summed E-state index contributed by atoms with van der Waals surface area (Å²) in [7, 11) is 0. The third kappa shape index (κ3) is 6.30. The van der Waals surface area contributed by atoms with Gasteiger partial charge in [0.05, 0.1) is 5.92 Å². The zero-order valence-corrected chi connectivity index (χ0v) is 14.0. The molecule has 0 aromatic heterocycles. The minimum Gasteiger partial charge on any atom is -0.508 e. The molecule has 23 heavy (non-hydrogen) atoms. The van der Waals surface area contributed by atoms with Crippen molar-refractivity contribution in [1.29, 1.82) is 0 Å². The second-order valence-corrected chi connectivity index (χ2v) is 6.59. The molecule has 0 aliphatic carbocycles. The number of carboxylic acid groups (broad SMARTS) is 1. The molecule has 0 radical (unpaired) electrons. The topological polar surface area (TPSA) is 94.8 Å². The summed E-state index contributed by atoms with van der Waals surface area (Å²) in [6.45, 7) is 5.77. The molecular formula is C18H26O5. The number of Topliss-reactive ketones (excluding diaryl/α,β-unsaturated/α-hetero) is 1. The van der Waals surface area contributed by atoms with Gasteiger partial charge in [-0.15, -0.1) is 0 Å². The Kier molecular flexibility index (Phi) is 7.07. The van der Waals surface area contributed by atoms with Crippen LogP contribution in [0.5, 0.6) is 11.5 Å². The first-order valence-corrected chi connectivity index (χ1v) is 7.97. The Balaban J connectivity index is 2.56. The first-order chi connectivity index (χ1) is 10.7. The third-order valence-corrected chi connectivity index (χ3v) is 3.98. The number of phenolic OH excluding ortho intramolecular Hbond substituents is 2. The van der Waals surface area contributed by atoms with Gasteiger partial charge < -0.3 is 15.3 Å². The summed E-state index contributed by atoms with van der Waals surface area (Å²) in [6.07, 6.45) is 1.37. The summed E-state index contributed by atoms with van der Waals surface area (Å²) in [5.41, 5.74) is 0.674. The Morgan fingerprint density at radius 3 is 2.30 bits per heavy atom. The lowest BCUT2D eigenvalue weighted by Crippen LogP contribution is -2.20. The Morgan fingerprint density at radius 2 is 1.78 bits per heavy atom. The van der Waals surface area contributed by atoms with E-state index in [4.69, 9.17) is 0 Å². The van der Waals surface area contributed by atoms with Gasteiger partial charge in [-0.25, -0.2) is 0 Å². The van der Waals surface area contributed by atoms with Crippen molar-refractivity contribution in [1.82, 2.24) is 0 Å². The summed E-state index contributed by atoms with van der Waals surface area (Å²) in [5, 5.41) is 28.3. The fraction of sp³-hybridized carbons (Fsp3) is 0.556. The van der Waals surface area contributed by atoms with Gasteiger partial charge in [0.15, 0.2) is 0 Å². The molecule has 0 amide bonds. The van der Waals surface area contributed by atoms with Crippen molar-refractivity contribution >= 4 is 11.8 Å². The van der Waals surface area contributed by atoms with Gasteiger partial charge in [-0.1, -0.05) is 26.8 Å². The van der Waals surface area contributed by atoms with E-state index in [1.807, 2.05) is 20.8 Å². The maximum absolute atomic E-state index is 12.0. The third-order valence-electron chi connectivity index (χ3n) is 3.98. The van der Waals surface area contributed by atoms with Crippen molar-refractivity contribution in [2.75, 3.05) is 0 Å². The molecule has 0 saturated heterocycles. The number of aliphatic carboxylic acids is 1. The van der Waals surface area contributed by atoms with E-state index in [0.717, 1.165) is 0 Å². The number of hydrogen-bond donors (Lipinski definition) is 3. The van der Waals surface area contributed by atoms with Crippen molar-refractivity contribution in [2.24, 2.45) is 11.8 Å². The van der Waals surface area contributed by atoms with Crippen LogP contribution in [-0.4, -0.2) is 27.1 Å². The second kappa shape index (κ2) is 8.56. The summed E-state index contributed by atoms with van der Waals surface area (Å²) >= 11 is 0. The summed E-state index contributed by atoms with van der Waals surface area (Å²) in [6, 6.07) is 4.41. The van der Waals surface area contributed by atoms with E-state index in [2.05, 4.69) is 0 Å². The average molecular weight is 322 g/mol. The lowest BCUT2D eigenvalue weighted by molar-refractivity contribution is -0.144. The van der Waals surface area contributed by atoms with Gasteiger partial charge in [0.2, 0.25) is 0 Å². The molecule has 0 bridgehead atoms. The predicted molar refractivity (Wildman–Crippen MR) is 87.6 cm³/mol. The number of carboxylic acids is 1. The van der Waals surface area contributed by atoms with Crippen LogP contribution in [0.2, 0.25) is 0 Å². The molecule has 5 heteroatoms. The Bertz CT molecular complexity index is 550. The predicted octanol–water partition coefficient (Wildman–Crippen LogP) is 3.69. The van der Waals surface area contributed by atoms with Gasteiger partial charge in [0.1, 0.15) is 17.3 Å². The van der Waals surface area contributed by atoms with E-state index in [0.29, 0.717) is 18.4 Å². The highest BCUT2D eigenvalue weighted by atomic mass is 16.4. The molecule has 3 N–H and O–H groups in total. The molecule has 5 nitrogen and oxygen atoms in total. The van der Waals surface area contributed by atoms with Crippen LogP contribution < -0.4 is 0 Å². The first-order valence-electron chi connectivity index (χ1n) is 7.97. The van der Waals surface area contributed by atoms with Crippen molar-refractivity contribution in [3.8, 4) is 11.5 Å². The summed E-state index contributed by atoms with van der Waals surface area (Å²) in [5.74, 6) is -1.43. The van der Waals surface area contributed by atoms with Crippen molar-refractivity contribution in [3.63, 3.8) is 0 Å². The molecule has 0 heterocycles. The van der Waals surface area contributed by atoms with Crippen LogP contribution >= 0.6 is 0 Å². The number of aromatic hydroxyl groups is 2. The van der Waals surface area contributed by atoms with E-state index in [9.17, 15) is 24.9 Å². The maximum Gasteiger partial charge on any atom is 0.306 e. The lowest BCUT2D eigenvalue weighted by atomic mass is 9.89. The maximum atomic E-state index is 12.0. The highest BCUT2D eigenvalue weighted by molar-refractivity contribution is 5.83. The van der Waals surface area contributed by atoms with Crippen molar-refractivity contribution in [2.45, 2.75) is 52.4 Å². The van der Waals surface area contributed by atoms with Crippen LogP contribution in [0.1, 0.15) is 57.9 Å². The highest BCUT2D eigenvalue weighted by Gasteiger charge is 2.22. The van der Waals surface area contributed by atoms with E-state index < -0.39 is 11.9 Å². The largest absolute Gasteiger partial charge is 0.508 e. The lowest BCUT2D eigenvalue weighted by Gasteiger charge is -2.16. The molecule has 0 aliphatic rings. The van der Waals surface area contributed by atoms with E-state index in [1.54, 1.807) is 6.07 Å². The highest BCUT2D eigenvalue weighted by Crippen LogP contribution is 2.31. The molecule has 1 aromatic carbocycles. The molecule has 0 spiro atoms. The summed E-state index contributed by atoms with van der Waals surface area (Å²) in [4.78, 5) is 23.2. The molecular weight excluding hydrogens is 296 g/mol.